The first-order chi connectivity index (χ1) is 13.5. The summed E-state index contributed by atoms with van der Waals surface area (Å²) in [7, 11) is 0. The Bertz CT molecular complexity index is 985. The zero-order chi connectivity index (χ0) is 19.8. The van der Waals surface area contributed by atoms with E-state index in [0.29, 0.717) is 5.92 Å². The van der Waals surface area contributed by atoms with Gasteiger partial charge in [0.2, 0.25) is 5.91 Å². The van der Waals surface area contributed by atoms with Crippen molar-refractivity contribution in [2.45, 2.75) is 18.9 Å². The minimum atomic E-state index is -0.815. The molecular weight excluding hydrogens is 362 g/mol. The van der Waals surface area contributed by atoms with Crippen molar-refractivity contribution in [3.63, 3.8) is 0 Å². The molecule has 1 saturated carbocycles. The molecule has 1 N–H and O–H groups in total. The summed E-state index contributed by atoms with van der Waals surface area (Å²) in [4.78, 5) is 48.9. The summed E-state index contributed by atoms with van der Waals surface area (Å²) in [6.45, 7) is -0.473. The molecule has 0 bridgehead atoms. The van der Waals surface area contributed by atoms with Gasteiger partial charge < -0.3 is 5.32 Å². The minimum absolute atomic E-state index is 0.0474. The number of hydrogen-bond donors (Lipinski definition) is 1. The second-order valence-corrected chi connectivity index (χ2v) is 6.95. The average molecular weight is 379 g/mol. The van der Waals surface area contributed by atoms with Crippen LogP contribution in [0.1, 0.15) is 45.2 Å². The molecule has 1 heterocycles. The quantitative estimate of drug-likeness (QED) is 0.471. The number of nitro benzene ring substituents is 1. The van der Waals surface area contributed by atoms with Crippen LogP contribution in [0, 0.1) is 16.0 Å². The predicted molar refractivity (Wildman–Crippen MR) is 98.5 cm³/mol. The smallest absolute Gasteiger partial charge is 0.282 e. The van der Waals surface area contributed by atoms with Crippen molar-refractivity contribution in [1.82, 2.24) is 10.2 Å². The van der Waals surface area contributed by atoms with Crippen molar-refractivity contribution >= 4 is 23.4 Å². The Morgan fingerprint density at radius 2 is 1.82 bits per heavy atom. The van der Waals surface area contributed by atoms with Gasteiger partial charge in [-0.2, -0.15) is 0 Å². The van der Waals surface area contributed by atoms with E-state index >= 15 is 0 Å². The Morgan fingerprint density at radius 1 is 1.11 bits per heavy atom. The number of fused-ring (bicyclic) bond motifs is 1. The molecule has 1 unspecified atom stereocenters. The Morgan fingerprint density at radius 3 is 2.46 bits per heavy atom. The number of carbonyl (C=O) groups excluding carboxylic acids is 3. The van der Waals surface area contributed by atoms with Crippen LogP contribution in [0.4, 0.5) is 5.69 Å². The molecule has 3 amide bonds. The second-order valence-electron chi connectivity index (χ2n) is 6.95. The molecule has 1 aliphatic carbocycles. The maximum atomic E-state index is 12.6. The maximum Gasteiger partial charge on any atom is 0.282 e. The van der Waals surface area contributed by atoms with Crippen LogP contribution in [0.5, 0.6) is 0 Å². The normalized spacial score (nSPS) is 16.6. The molecule has 1 atom stereocenters. The van der Waals surface area contributed by atoms with E-state index in [1.165, 1.54) is 18.2 Å². The van der Waals surface area contributed by atoms with Gasteiger partial charge in [-0.15, -0.1) is 0 Å². The number of nitrogens with zero attached hydrogens (tertiary/aromatic N) is 2. The lowest BCUT2D eigenvalue weighted by Crippen LogP contribution is -2.42. The van der Waals surface area contributed by atoms with Gasteiger partial charge in [-0.1, -0.05) is 36.4 Å². The molecule has 0 aromatic heterocycles. The van der Waals surface area contributed by atoms with E-state index in [-0.39, 0.29) is 17.2 Å². The molecule has 1 aliphatic heterocycles. The van der Waals surface area contributed by atoms with Gasteiger partial charge in [-0.05, 0) is 30.4 Å². The van der Waals surface area contributed by atoms with Crippen LogP contribution >= 0.6 is 0 Å². The summed E-state index contributed by atoms with van der Waals surface area (Å²) in [6, 6.07) is 13.2. The molecule has 142 valence electrons. The summed E-state index contributed by atoms with van der Waals surface area (Å²) in [5.41, 5.74) is 0.233. The number of hydrogen-bond acceptors (Lipinski definition) is 5. The van der Waals surface area contributed by atoms with Gasteiger partial charge in [-0.3, -0.25) is 29.4 Å². The molecule has 2 aliphatic rings. The molecule has 1 fully saturated rings. The molecule has 0 spiro atoms. The molecule has 8 nitrogen and oxygen atoms in total. The van der Waals surface area contributed by atoms with Crippen LogP contribution in [-0.2, 0) is 4.79 Å². The van der Waals surface area contributed by atoms with Crippen molar-refractivity contribution in [2.75, 3.05) is 6.54 Å². The summed E-state index contributed by atoms with van der Waals surface area (Å²) >= 11 is 0. The fourth-order valence-corrected chi connectivity index (χ4v) is 3.54. The minimum Gasteiger partial charge on any atom is -0.347 e. The lowest BCUT2D eigenvalue weighted by molar-refractivity contribution is -0.385. The summed E-state index contributed by atoms with van der Waals surface area (Å²) in [5.74, 6) is -1.65. The third-order valence-electron chi connectivity index (χ3n) is 5.04. The highest BCUT2D eigenvalue weighted by Crippen LogP contribution is 2.41. The van der Waals surface area contributed by atoms with Crippen molar-refractivity contribution in [1.29, 1.82) is 0 Å². The van der Waals surface area contributed by atoms with Crippen LogP contribution in [0.3, 0.4) is 0 Å². The molecule has 8 heteroatoms. The monoisotopic (exact) mass is 379 g/mol. The molecule has 28 heavy (non-hydrogen) atoms. The van der Waals surface area contributed by atoms with Gasteiger partial charge in [-0.25, -0.2) is 0 Å². The average Bonchev–Trinajstić information content (AvgIpc) is 3.51. The number of carbonyl (C=O) groups is 3. The highest BCUT2D eigenvalue weighted by molar-refractivity contribution is 6.24. The Hall–Kier alpha value is -3.55. The standard InChI is InChI=1S/C20H17N3O5/c24-16(21-18(13-9-10-13)12-5-2-1-3-6-12)11-22-19(25)14-7-4-8-15(23(27)28)17(14)20(22)26/h1-8,13,18H,9-11H2,(H,21,24). The zero-order valence-electron chi connectivity index (χ0n) is 14.8. The van der Waals surface area contributed by atoms with E-state index in [1.54, 1.807) is 0 Å². The van der Waals surface area contributed by atoms with E-state index in [0.717, 1.165) is 23.3 Å². The van der Waals surface area contributed by atoms with Crippen LogP contribution in [0.15, 0.2) is 48.5 Å². The van der Waals surface area contributed by atoms with Crippen LogP contribution < -0.4 is 5.32 Å². The largest absolute Gasteiger partial charge is 0.347 e. The number of rotatable bonds is 6. The highest BCUT2D eigenvalue weighted by Gasteiger charge is 2.42. The maximum absolute atomic E-state index is 12.6. The second kappa shape index (κ2) is 6.88. The molecule has 0 saturated heterocycles. The zero-order valence-corrected chi connectivity index (χ0v) is 14.8. The number of amides is 3. The lowest BCUT2D eigenvalue weighted by atomic mass is 10.0. The van der Waals surface area contributed by atoms with Gasteiger partial charge in [0.15, 0.2) is 0 Å². The lowest BCUT2D eigenvalue weighted by Gasteiger charge is -2.21. The van der Waals surface area contributed by atoms with Gasteiger partial charge in [0.05, 0.1) is 16.5 Å². The topological polar surface area (TPSA) is 110 Å². The number of nitro groups is 1. The first-order valence-corrected chi connectivity index (χ1v) is 8.95. The van der Waals surface area contributed by atoms with E-state index in [1.807, 2.05) is 30.3 Å². The van der Waals surface area contributed by atoms with Crippen molar-refractivity contribution in [3.8, 4) is 0 Å². The SMILES string of the molecule is O=C(CN1C(=O)c2cccc([N+](=O)[O-])c2C1=O)NC(c1ccccc1)C1CC1. The number of benzene rings is 2. The predicted octanol–water partition coefficient (Wildman–Crippen LogP) is 2.46. The van der Waals surface area contributed by atoms with Gasteiger partial charge >= 0.3 is 0 Å². The Balaban J connectivity index is 1.52. The fourth-order valence-electron chi connectivity index (χ4n) is 3.54. The number of nitrogens with one attached hydrogen (secondary N) is 1. The van der Waals surface area contributed by atoms with Crippen molar-refractivity contribution < 1.29 is 19.3 Å². The van der Waals surface area contributed by atoms with Crippen LogP contribution in [-0.4, -0.2) is 34.1 Å². The van der Waals surface area contributed by atoms with Crippen LogP contribution in [0.2, 0.25) is 0 Å². The Labute approximate surface area is 160 Å². The third-order valence-corrected chi connectivity index (χ3v) is 5.04. The summed E-state index contributed by atoms with van der Waals surface area (Å²) in [6.07, 6.45) is 2.00. The van der Waals surface area contributed by atoms with Gasteiger partial charge in [0.1, 0.15) is 12.1 Å². The summed E-state index contributed by atoms with van der Waals surface area (Å²) in [5, 5.41) is 14.1. The van der Waals surface area contributed by atoms with E-state index in [2.05, 4.69) is 5.32 Å². The molecule has 2 aromatic rings. The Kier molecular flexibility index (Phi) is 4.38. The van der Waals surface area contributed by atoms with E-state index in [4.69, 9.17) is 0 Å². The van der Waals surface area contributed by atoms with Gasteiger partial charge in [0.25, 0.3) is 17.5 Å². The molecule has 2 aromatic carbocycles. The first-order valence-electron chi connectivity index (χ1n) is 8.95. The fraction of sp³-hybridized carbons (Fsp3) is 0.250. The first kappa shape index (κ1) is 17.8. The molecular formula is C20H17N3O5. The van der Waals surface area contributed by atoms with Crippen molar-refractivity contribution in [3.05, 3.63) is 75.3 Å². The van der Waals surface area contributed by atoms with E-state index < -0.39 is 34.9 Å². The van der Waals surface area contributed by atoms with Crippen LogP contribution in [0.25, 0.3) is 0 Å². The highest BCUT2D eigenvalue weighted by atomic mass is 16.6. The third kappa shape index (κ3) is 3.13. The summed E-state index contributed by atoms with van der Waals surface area (Å²) < 4.78 is 0. The van der Waals surface area contributed by atoms with Crippen molar-refractivity contribution in [2.24, 2.45) is 5.92 Å². The molecule has 4 rings (SSSR count). The molecule has 0 radical (unpaired) electrons. The van der Waals surface area contributed by atoms with Gasteiger partial charge in [0, 0.05) is 6.07 Å². The number of imide groups is 1. The van der Waals surface area contributed by atoms with E-state index in [9.17, 15) is 24.5 Å².